The highest BCUT2D eigenvalue weighted by Gasteiger charge is 2.29. The molecule has 0 N–H and O–H groups in total. The fourth-order valence-electron chi connectivity index (χ4n) is 2.30. The van der Waals surface area contributed by atoms with E-state index in [1.807, 2.05) is 6.92 Å². The molecular formula is C12H13FN6O. The van der Waals surface area contributed by atoms with Crippen molar-refractivity contribution < 1.29 is 9.18 Å². The molecule has 0 spiro atoms. The summed E-state index contributed by atoms with van der Waals surface area (Å²) in [5, 5.41) is 8.14. The summed E-state index contributed by atoms with van der Waals surface area (Å²) < 4.78 is 14.7. The van der Waals surface area contributed by atoms with Gasteiger partial charge in [-0.3, -0.25) is 4.79 Å². The van der Waals surface area contributed by atoms with Crippen LogP contribution < -0.4 is 0 Å². The quantitative estimate of drug-likeness (QED) is 0.750. The van der Waals surface area contributed by atoms with E-state index in [4.69, 9.17) is 0 Å². The zero-order valence-corrected chi connectivity index (χ0v) is 11.1. The van der Waals surface area contributed by atoms with Crippen molar-refractivity contribution in [3.63, 3.8) is 0 Å². The zero-order valence-electron chi connectivity index (χ0n) is 11.1. The Morgan fingerprint density at radius 2 is 2.30 bits per heavy atom. The SMILES string of the molecule is Cc1nc(-n2nnc3c2CCN(C=O)C3C)ncc1F. The number of aryl methyl sites for hydroxylation is 1. The topological polar surface area (TPSA) is 76.8 Å². The third-order valence-electron chi connectivity index (χ3n) is 3.52. The normalized spacial score (nSPS) is 17.9. The first-order valence-corrected chi connectivity index (χ1v) is 6.27. The molecule has 1 atom stereocenters. The highest BCUT2D eigenvalue weighted by atomic mass is 19.1. The summed E-state index contributed by atoms with van der Waals surface area (Å²) in [6.45, 7) is 4.05. The number of aromatic nitrogens is 5. The molecule has 3 heterocycles. The number of nitrogens with zero attached hydrogens (tertiary/aromatic N) is 6. The first kappa shape index (κ1) is 12.6. The Bertz CT molecular complexity index is 670. The minimum Gasteiger partial charge on any atom is -0.336 e. The largest absolute Gasteiger partial charge is 0.336 e. The highest BCUT2D eigenvalue weighted by molar-refractivity contribution is 5.49. The summed E-state index contributed by atoms with van der Waals surface area (Å²) in [5.41, 5.74) is 1.85. The molecule has 3 rings (SSSR count). The molecule has 8 heteroatoms. The Morgan fingerprint density at radius 3 is 3.00 bits per heavy atom. The van der Waals surface area contributed by atoms with Crippen LogP contribution in [0.3, 0.4) is 0 Å². The minimum atomic E-state index is -0.455. The van der Waals surface area contributed by atoms with Crippen molar-refractivity contribution in [3.8, 4) is 5.95 Å². The lowest BCUT2D eigenvalue weighted by Crippen LogP contribution is -2.33. The number of hydrogen-bond acceptors (Lipinski definition) is 5. The number of hydrogen-bond donors (Lipinski definition) is 0. The molecule has 1 amide bonds. The summed E-state index contributed by atoms with van der Waals surface area (Å²) in [5.74, 6) is -0.160. The average molecular weight is 276 g/mol. The molecule has 1 unspecified atom stereocenters. The molecule has 0 radical (unpaired) electrons. The standard InChI is InChI=1S/C12H13FN6O/c1-7-9(13)5-14-12(15-7)19-10-3-4-18(6-20)8(2)11(10)16-17-19/h5-6,8H,3-4H2,1-2H3. The molecule has 0 fully saturated rings. The Labute approximate surface area is 114 Å². The second-order valence-corrected chi connectivity index (χ2v) is 4.71. The monoisotopic (exact) mass is 276 g/mol. The fraction of sp³-hybridized carbons (Fsp3) is 0.417. The number of fused-ring (bicyclic) bond motifs is 1. The maximum absolute atomic E-state index is 13.2. The maximum atomic E-state index is 13.2. The van der Waals surface area contributed by atoms with Crippen LogP contribution in [-0.2, 0) is 11.2 Å². The Hall–Kier alpha value is -2.38. The fourth-order valence-corrected chi connectivity index (χ4v) is 2.30. The molecule has 0 saturated heterocycles. The van der Waals surface area contributed by atoms with Crippen LogP contribution in [0.25, 0.3) is 5.95 Å². The summed E-state index contributed by atoms with van der Waals surface area (Å²) in [6.07, 6.45) is 2.55. The average Bonchev–Trinajstić information content (AvgIpc) is 2.87. The second-order valence-electron chi connectivity index (χ2n) is 4.71. The van der Waals surface area contributed by atoms with E-state index in [9.17, 15) is 9.18 Å². The van der Waals surface area contributed by atoms with Gasteiger partial charge in [0.25, 0.3) is 5.95 Å². The van der Waals surface area contributed by atoms with Gasteiger partial charge in [0.2, 0.25) is 6.41 Å². The third kappa shape index (κ3) is 1.84. The smallest absolute Gasteiger partial charge is 0.252 e. The molecule has 0 aliphatic carbocycles. The van der Waals surface area contributed by atoms with Gasteiger partial charge in [0.15, 0.2) is 5.82 Å². The molecule has 2 aromatic heterocycles. The van der Waals surface area contributed by atoms with Crippen molar-refractivity contribution in [2.75, 3.05) is 6.54 Å². The summed E-state index contributed by atoms with van der Waals surface area (Å²) in [4.78, 5) is 20.6. The van der Waals surface area contributed by atoms with E-state index in [2.05, 4.69) is 20.3 Å². The zero-order chi connectivity index (χ0) is 14.3. The van der Waals surface area contributed by atoms with E-state index in [0.717, 1.165) is 24.0 Å². The molecule has 0 aromatic carbocycles. The molecule has 104 valence electrons. The predicted molar refractivity (Wildman–Crippen MR) is 66.5 cm³/mol. The van der Waals surface area contributed by atoms with Gasteiger partial charge in [-0.15, -0.1) is 5.10 Å². The van der Waals surface area contributed by atoms with Crippen molar-refractivity contribution >= 4 is 6.41 Å². The van der Waals surface area contributed by atoms with E-state index < -0.39 is 5.82 Å². The van der Waals surface area contributed by atoms with Crippen molar-refractivity contribution in [2.24, 2.45) is 0 Å². The lowest BCUT2D eigenvalue weighted by atomic mass is 10.1. The van der Waals surface area contributed by atoms with E-state index in [0.29, 0.717) is 18.9 Å². The molecular weight excluding hydrogens is 263 g/mol. The van der Waals surface area contributed by atoms with E-state index in [-0.39, 0.29) is 11.7 Å². The highest BCUT2D eigenvalue weighted by Crippen LogP contribution is 2.26. The van der Waals surface area contributed by atoms with Crippen LogP contribution in [0.5, 0.6) is 0 Å². The van der Waals surface area contributed by atoms with Crippen LogP contribution in [-0.4, -0.2) is 42.8 Å². The first-order chi connectivity index (χ1) is 9.61. The Balaban J connectivity index is 2.05. The van der Waals surface area contributed by atoms with Gasteiger partial charge in [-0.25, -0.2) is 14.4 Å². The van der Waals surface area contributed by atoms with Crippen LogP contribution in [0.1, 0.15) is 30.0 Å². The number of carbonyl (C=O) groups excluding carboxylic acids is 1. The molecule has 0 bridgehead atoms. The van der Waals surface area contributed by atoms with Crippen molar-refractivity contribution in [3.05, 3.63) is 29.1 Å². The van der Waals surface area contributed by atoms with Crippen molar-refractivity contribution in [2.45, 2.75) is 26.3 Å². The van der Waals surface area contributed by atoms with Crippen LogP contribution in [0.2, 0.25) is 0 Å². The van der Waals surface area contributed by atoms with Crippen LogP contribution in [0, 0.1) is 12.7 Å². The molecule has 7 nitrogen and oxygen atoms in total. The van der Waals surface area contributed by atoms with Gasteiger partial charge in [0.05, 0.1) is 23.6 Å². The van der Waals surface area contributed by atoms with E-state index >= 15 is 0 Å². The number of amides is 1. The minimum absolute atomic E-state index is 0.133. The number of halogens is 1. The van der Waals surface area contributed by atoms with Gasteiger partial charge in [-0.05, 0) is 13.8 Å². The Morgan fingerprint density at radius 1 is 1.50 bits per heavy atom. The van der Waals surface area contributed by atoms with E-state index in [1.54, 1.807) is 11.8 Å². The number of rotatable bonds is 2. The third-order valence-corrected chi connectivity index (χ3v) is 3.52. The summed E-state index contributed by atoms with van der Waals surface area (Å²) >= 11 is 0. The maximum Gasteiger partial charge on any atom is 0.252 e. The molecule has 1 aliphatic rings. The van der Waals surface area contributed by atoms with Gasteiger partial charge in [-0.2, -0.15) is 4.68 Å². The second kappa shape index (κ2) is 4.62. The van der Waals surface area contributed by atoms with Gasteiger partial charge in [-0.1, -0.05) is 5.21 Å². The molecule has 2 aromatic rings. The van der Waals surface area contributed by atoms with E-state index in [1.165, 1.54) is 4.68 Å². The van der Waals surface area contributed by atoms with Crippen molar-refractivity contribution in [1.29, 1.82) is 0 Å². The lowest BCUT2D eigenvalue weighted by Gasteiger charge is -2.28. The first-order valence-electron chi connectivity index (χ1n) is 6.27. The lowest BCUT2D eigenvalue weighted by molar-refractivity contribution is -0.120. The predicted octanol–water partition coefficient (Wildman–Crippen LogP) is 0.580. The summed E-state index contributed by atoms with van der Waals surface area (Å²) in [6, 6.07) is -0.133. The van der Waals surface area contributed by atoms with Gasteiger partial charge >= 0.3 is 0 Å². The van der Waals surface area contributed by atoms with Crippen molar-refractivity contribution in [1.82, 2.24) is 29.9 Å². The van der Waals surface area contributed by atoms with Gasteiger partial charge in [0, 0.05) is 13.0 Å². The number of carbonyl (C=O) groups is 1. The molecule has 20 heavy (non-hydrogen) atoms. The van der Waals surface area contributed by atoms with Gasteiger partial charge < -0.3 is 4.90 Å². The van der Waals surface area contributed by atoms with Crippen LogP contribution in [0.15, 0.2) is 6.20 Å². The molecule has 1 aliphatic heterocycles. The summed E-state index contributed by atoms with van der Waals surface area (Å²) in [7, 11) is 0. The van der Waals surface area contributed by atoms with Crippen LogP contribution in [0.4, 0.5) is 4.39 Å². The Kier molecular flexibility index (Phi) is 2.92. The van der Waals surface area contributed by atoms with Crippen LogP contribution >= 0.6 is 0 Å². The molecule has 0 saturated carbocycles. The van der Waals surface area contributed by atoms with Gasteiger partial charge in [0.1, 0.15) is 5.69 Å².